The Kier molecular flexibility index (Phi) is 6.24. The molecule has 30 heavy (non-hydrogen) atoms. The molecule has 0 radical (unpaired) electrons. The van der Waals surface area contributed by atoms with Crippen LogP contribution in [0.4, 0.5) is 5.95 Å². The van der Waals surface area contributed by atoms with E-state index in [0.717, 1.165) is 11.3 Å². The Morgan fingerprint density at radius 2 is 1.97 bits per heavy atom. The fourth-order valence-electron chi connectivity index (χ4n) is 3.09. The van der Waals surface area contributed by atoms with Gasteiger partial charge in [-0.3, -0.25) is 14.2 Å². The van der Waals surface area contributed by atoms with Crippen molar-refractivity contribution in [3.8, 4) is 5.88 Å². The molecular formula is C17H20N4O7S2. The van der Waals surface area contributed by atoms with Crippen molar-refractivity contribution in [2.75, 3.05) is 12.3 Å². The summed E-state index contributed by atoms with van der Waals surface area (Å²) in [6, 6.07) is 0. The van der Waals surface area contributed by atoms with Crippen LogP contribution >= 0.6 is 23.6 Å². The number of hydrogen-bond acceptors (Lipinski definition) is 12. The van der Waals surface area contributed by atoms with E-state index in [2.05, 4.69) is 16.5 Å². The van der Waals surface area contributed by atoms with Crippen LogP contribution in [0.5, 0.6) is 5.88 Å². The zero-order valence-corrected chi connectivity index (χ0v) is 18.0. The summed E-state index contributed by atoms with van der Waals surface area (Å²) in [5.74, 6) is -1.25. The lowest BCUT2D eigenvalue weighted by Gasteiger charge is -2.25. The van der Waals surface area contributed by atoms with Crippen molar-refractivity contribution in [2.24, 2.45) is 0 Å². The third-order valence-corrected chi connectivity index (χ3v) is 5.48. The molecule has 0 aromatic carbocycles. The normalized spacial score (nSPS) is 23.3. The number of carbonyl (C=O) groups is 2. The second kappa shape index (κ2) is 8.53. The van der Waals surface area contributed by atoms with Crippen molar-refractivity contribution in [2.45, 2.75) is 45.3 Å². The van der Waals surface area contributed by atoms with Gasteiger partial charge in [0, 0.05) is 13.8 Å². The van der Waals surface area contributed by atoms with E-state index in [1.165, 1.54) is 18.4 Å². The van der Waals surface area contributed by atoms with Crippen molar-refractivity contribution < 1.29 is 33.6 Å². The zero-order valence-electron chi connectivity index (χ0n) is 16.4. The van der Waals surface area contributed by atoms with E-state index >= 15 is 0 Å². The van der Waals surface area contributed by atoms with Crippen molar-refractivity contribution in [3.05, 3.63) is 16.3 Å². The Bertz CT molecular complexity index is 1070. The summed E-state index contributed by atoms with van der Waals surface area (Å²) in [6.07, 6.45) is -3.62. The first-order chi connectivity index (χ1) is 14.1. The molecule has 0 aliphatic carbocycles. The van der Waals surface area contributed by atoms with Gasteiger partial charge in [-0.2, -0.15) is 9.97 Å². The van der Waals surface area contributed by atoms with Gasteiger partial charge in [-0.25, -0.2) is 0 Å². The van der Waals surface area contributed by atoms with Gasteiger partial charge in [0.25, 0.3) is 0 Å². The second-order valence-electron chi connectivity index (χ2n) is 6.52. The summed E-state index contributed by atoms with van der Waals surface area (Å²) in [6.45, 7) is 7.67. The van der Waals surface area contributed by atoms with E-state index in [1.54, 1.807) is 6.92 Å². The van der Waals surface area contributed by atoms with Crippen LogP contribution in [0, 0.1) is 3.95 Å². The molecule has 0 spiro atoms. The quantitative estimate of drug-likeness (QED) is 0.372. The van der Waals surface area contributed by atoms with Gasteiger partial charge in [0.1, 0.15) is 17.4 Å². The first-order valence-corrected chi connectivity index (χ1v) is 9.96. The van der Waals surface area contributed by atoms with Gasteiger partial charge in [-0.1, -0.05) is 17.9 Å². The van der Waals surface area contributed by atoms with Crippen LogP contribution in [0.25, 0.3) is 10.3 Å². The Hall–Kier alpha value is -2.77. The van der Waals surface area contributed by atoms with Gasteiger partial charge >= 0.3 is 11.9 Å². The third-order valence-electron chi connectivity index (χ3n) is 4.09. The first kappa shape index (κ1) is 21.9. The van der Waals surface area contributed by atoms with Crippen molar-refractivity contribution >= 4 is 51.8 Å². The average Bonchev–Trinajstić information content (AvgIpc) is 3.10. The Labute approximate surface area is 180 Å². The van der Waals surface area contributed by atoms with Crippen LogP contribution < -0.4 is 5.73 Å². The highest BCUT2D eigenvalue weighted by molar-refractivity contribution is 7.73. The number of aromatic nitrogens is 3. The summed E-state index contributed by atoms with van der Waals surface area (Å²) < 4.78 is 24.4. The maximum atomic E-state index is 11.7. The van der Waals surface area contributed by atoms with E-state index in [9.17, 15) is 14.7 Å². The zero-order chi connectivity index (χ0) is 22.2. The summed E-state index contributed by atoms with van der Waals surface area (Å²) in [5.41, 5.74) is 5.91. The maximum absolute atomic E-state index is 11.7. The molecule has 3 N–H and O–H groups in total. The van der Waals surface area contributed by atoms with Gasteiger partial charge in [0.15, 0.2) is 28.0 Å². The van der Waals surface area contributed by atoms with Crippen molar-refractivity contribution in [1.29, 1.82) is 0 Å². The molecule has 0 saturated carbocycles. The molecule has 2 aromatic heterocycles. The summed E-state index contributed by atoms with van der Waals surface area (Å²) in [5, 5.41) is 10.1. The van der Waals surface area contributed by atoms with Crippen molar-refractivity contribution in [1.82, 2.24) is 14.5 Å². The summed E-state index contributed by atoms with van der Waals surface area (Å²) in [7, 11) is 0. The van der Waals surface area contributed by atoms with Crippen LogP contribution in [0.2, 0.25) is 0 Å². The highest BCUT2D eigenvalue weighted by atomic mass is 32.1. The number of fused-ring (bicyclic) bond motifs is 1. The number of rotatable bonds is 6. The van der Waals surface area contributed by atoms with Crippen LogP contribution in [0.1, 0.15) is 27.0 Å². The number of nitrogens with zero attached hydrogens (tertiary/aromatic N) is 3. The molecule has 13 heteroatoms. The number of thiazole rings is 1. The van der Waals surface area contributed by atoms with Gasteiger partial charge in [0.05, 0.1) is 5.76 Å². The number of aromatic hydroxyl groups is 1. The van der Waals surface area contributed by atoms with E-state index < -0.39 is 36.5 Å². The molecule has 4 atom stereocenters. The molecule has 162 valence electrons. The number of ether oxygens (including phenoxy) is 4. The van der Waals surface area contributed by atoms with Gasteiger partial charge in [-0.15, -0.1) is 0 Å². The molecule has 3 heterocycles. The average molecular weight is 457 g/mol. The molecule has 1 aliphatic heterocycles. The highest BCUT2D eigenvalue weighted by Crippen LogP contribution is 2.40. The van der Waals surface area contributed by atoms with Crippen LogP contribution in [-0.4, -0.2) is 56.5 Å². The molecule has 3 rings (SSSR count). The SMILES string of the molecule is C=C(C)O[C@@H]1[C@@H](OC(C)=O)[C@@H](COC(C)=O)O[C@H]1n1c(=S)sc2c(O)nc(N)nc21. The largest absolute Gasteiger partial charge is 0.492 e. The first-order valence-electron chi connectivity index (χ1n) is 8.74. The Morgan fingerprint density at radius 3 is 2.57 bits per heavy atom. The standard InChI is InChI=1S/C17H20N4O7S2/c1-6(2)26-11-10(27-8(4)23)9(5-25-7(3)22)28-15(11)21-13-12(30-17(21)29)14(24)20-16(18)19-13/h9-11,15H,1,5H2,2-4H3,(H3,18,19,20,24)/t9-,10+,11-,15-/m1/s1. The minimum atomic E-state index is -0.943. The monoisotopic (exact) mass is 456 g/mol. The predicted octanol–water partition coefficient (Wildman–Crippen LogP) is 1.82. The van der Waals surface area contributed by atoms with Gasteiger partial charge in [-0.05, 0) is 19.1 Å². The molecule has 11 nitrogen and oxygen atoms in total. The van der Waals surface area contributed by atoms with Crippen LogP contribution in [0.15, 0.2) is 12.3 Å². The maximum Gasteiger partial charge on any atom is 0.303 e. The van der Waals surface area contributed by atoms with E-state index in [0.29, 0.717) is 10.5 Å². The molecule has 2 aromatic rings. The third kappa shape index (κ3) is 4.37. The van der Waals surface area contributed by atoms with E-state index in [1.807, 2.05) is 0 Å². The summed E-state index contributed by atoms with van der Waals surface area (Å²) >= 11 is 6.49. The Balaban J connectivity index is 2.11. The molecule has 1 fully saturated rings. The molecule has 1 saturated heterocycles. The Morgan fingerprint density at radius 1 is 1.27 bits per heavy atom. The van der Waals surface area contributed by atoms with Crippen molar-refractivity contribution in [3.63, 3.8) is 0 Å². The lowest BCUT2D eigenvalue weighted by atomic mass is 10.1. The predicted molar refractivity (Wildman–Crippen MR) is 108 cm³/mol. The number of carbonyl (C=O) groups excluding carboxylic acids is 2. The minimum absolute atomic E-state index is 0.162. The molecule has 0 bridgehead atoms. The fourth-order valence-corrected chi connectivity index (χ4v) is 4.36. The second-order valence-corrected chi connectivity index (χ2v) is 8.17. The minimum Gasteiger partial charge on any atom is -0.492 e. The topological polar surface area (TPSA) is 148 Å². The number of allylic oxidation sites excluding steroid dienone is 1. The smallest absolute Gasteiger partial charge is 0.303 e. The lowest BCUT2D eigenvalue weighted by molar-refractivity contribution is -0.157. The van der Waals surface area contributed by atoms with Crippen LogP contribution in [-0.2, 0) is 28.5 Å². The van der Waals surface area contributed by atoms with Gasteiger partial charge in [0.2, 0.25) is 11.8 Å². The lowest BCUT2D eigenvalue weighted by Crippen LogP contribution is -2.39. The number of anilines is 1. The number of esters is 2. The van der Waals surface area contributed by atoms with E-state index in [-0.39, 0.29) is 28.0 Å². The fraction of sp³-hybridized carbons (Fsp3) is 0.471. The number of nitrogen functional groups attached to an aromatic ring is 1. The summed E-state index contributed by atoms with van der Waals surface area (Å²) in [4.78, 5) is 30.9. The number of hydrogen-bond donors (Lipinski definition) is 2. The van der Waals surface area contributed by atoms with E-state index in [4.69, 9.17) is 36.9 Å². The molecule has 0 unspecified atom stereocenters. The van der Waals surface area contributed by atoms with Gasteiger partial charge < -0.3 is 29.8 Å². The highest BCUT2D eigenvalue weighted by Gasteiger charge is 2.51. The van der Waals surface area contributed by atoms with Crippen LogP contribution in [0.3, 0.4) is 0 Å². The number of nitrogens with two attached hydrogens (primary N) is 1. The molecule has 1 aliphatic rings. The molecular weight excluding hydrogens is 436 g/mol. The molecule has 0 amide bonds.